The number of aromatic amines is 1. The summed E-state index contributed by atoms with van der Waals surface area (Å²) in [6, 6.07) is 3.39. The molecule has 0 aromatic carbocycles. The predicted octanol–water partition coefficient (Wildman–Crippen LogP) is 1.63. The first kappa shape index (κ1) is 16.6. The molecule has 8 heteroatoms. The molecular formula is C16H21N5O2S. The van der Waals surface area contributed by atoms with Crippen LogP contribution in [0.25, 0.3) is 0 Å². The van der Waals surface area contributed by atoms with Crippen LogP contribution in [-0.2, 0) is 0 Å². The van der Waals surface area contributed by atoms with E-state index in [2.05, 4.69) is 25.4 Å². The van der Waals surface area contributed by atoms with Gasteiger partial charge in [0.05, 0.1) is 10.7 Å². The average Bonchev–Trinajstić information content (AvgIpc) is 2.92. The maximum Gasteiger partial charge on any atom is 0.264 e. The third-order valence-corrected chi connectivity index (χ3v) is 5.27. The molecule has 0 aliphatic carbocycles. The molecule has 0 bridgehead atoms. The normalized spacial score (nSPS) is 17.8. The van der Waals surface area contributed by atoms with Crippen LogP contribution in [0, 0.1) is 13.8 Å². The fourth-order valence-electron chi connectivity index (χ4n) is 3.04. The van der Waals surface area contributed by atoms with E-state index in [0.717, 1.165) is 42.3 Å². The topological polar surface area (TPSA) is 91.0 Å². The van der Waals surface area contributed by atoms with E-state index in [1.54, 1.807) is 6.07 Å². The van der Waals surface area contributed by atoms with Gasteiger partial charge in [-0.2, -0.15) is 5.10 Å². The molecule has 1 atom stereocenters. The molecule has 1 saturated heterocycles. The molecule has 2 aromatic rings. The van der Waals surface area contributed by atoms with E-state index in [4.69, 9.17) is 0 Å². The molecule has 128 valence electrons. The molecular weight excluding hydrogens is 326 g/mol. The van der Waals surface area contributed by atoms with Crippen molar-refractivity contribution in [3.63, 3.8) is 0 Å². The van der Waals surface area contributed by atoms with Gasteiger partial charge in [0, 0.05) is 25.2 Å². The number of hydrogen-bond acceptors (Lipinski definition) is 6. The molecule has 7 nitrogen and oxygen atoms in total. The maximum atomic E-state index is 12.4. The Balaban J connectivity index is 1.68. The lowest BCUT2D eigenvalue weighted by molar-refractivity contribution is 0.0953. The monoisotopic (exact) mass is 347 g/mol. The van der Waals surface area contributed by atoms with Crippen LogP contribution in [-0.4, -0.2) is 40.2 Å². The van der Waals surface area contributed by atoms with Crippen molar-refractivity contribution < 1.29 is 4.79 Å². The smallest absolute Gasteiger partial charge is 0.264 e. The Morgan fingerprint density at radius 3 is 2.92 bits per heavy atom. The van der Waals surface area contributed by atoms with Gasteiger partial charge in [0.2, 0.25) is 0 Å². The van der Waals surface area contributed by atoms with Gasteiger partial charge in [-0.3, -0.25) is 9.59 Å². The Morgan fingerprint density at radius 2 is 2.25 bits per heavy atom. The van der Waals surface area contributed by atoms with Gasteiger partial charge in [-0.15, -0.1) is 11.3 Å². The lowest BCUT2D eigenvalue weighted by Crippen LogP contribution is -2.47. The highest BCUT2D eigenvalue weighted by Crippen LogP contribution is 2.22. The summed E-state index contributed by atoms with van der Waals surface area (Å²) < 4.78 is 0. The van der Waals surface area contributed by atoms with Crippen molar-refractivity contribution in [2.75, 3.05) is 18.0 Å². The van der Waals surface area contributed by atoms with Gasteiger partial charge in [-0.1, -0.05) is 0 Å². The fraction of sp³-hybridized carbons (Fsp3) is 0.500. The third kappa shape index (κ3) is 3.64. The molecule has 1 fully saturated rings. The first-order chi connectivity index (χ1) is 11.5. The highest BCUT2D eigenvalue weighted by molar-refractivity contribution is 7.13. The molecule has 3 heterocycles. The highest BCUT2D eigenvalue weighted by Gasteiger charge is 2.25. The number of nitrogens with zero attached hydrogens (tertiary/aromatic N) is 3. The molecule has 3 rings (SSSR count). The number of thiazole rings is 1. The van der Waals surface area contributed by atoms with Crippen molar-refractivity contribution in [3.05, 3.63) is 38.1 Å². The highest BCUT2D eigenvalue weighted by atomic mass is 32.1. The molecule has 0 saturated carbocycles. The summed E-state index contributed by atoms with van der Waals surface area (Å²) in [7, 11) is 0. The molecule has 1 unspecified atom stereocenters. The Hall–Kier alpha value is -2.22. The zero-order chi connectivity index (χ0) is 17.1. The van der Waals surface area contributed by atoms with Crippen molar-refractivity contribution in [1.29, 1.82) is 0 Å². The second kappa shape index (κ2) is 7.12. The quantitative estimate of drug-likeness (QED) is 0.877. The van der Waals surface area contributed by atoms with Gasteiger partial charge in [0.25, 0.3) is 11.5 Å². The first-order valence-corrected chi connectivity index (χ1v) is 8.91. The third-order valence-electron chi connectivity index (χ3n) is 4.19. The molecule has 2 aromatic heterocycles. The predicted molar refractivity (Wildman–Crippen MR) is 93.8 cm³/mol. The average molecular weight is 347 g/mol. The molecule has 24 heavy (non-hydrogen) atoms. The summed E-state index contributed by atoms with van der Waals surface area (Å²) in [6.45, 7) is 5.18. The number of rotatable bonds is 4. The Kier molecular flexibility index (Phi) is 4.94. The summed E-state index contributed by atoms with van der Waals surface area (Å²) in [5.41, 5.74) is 0.564. The molecule has 1 amide bonds. The lowest BCUT2D eigenvalue weighted by atomic mass is 10.0. The summed E-state index contributed by atoms with van der Waals surface area (Å²) in [4.78, 5) is 30.7. The van der Waals surface area contributed by atoms with E-state index in [1.165, 1.54) is 17.4 Å². The minimum absolute atomic E-state index is 0.0712. The van der Waals surface area contributed by atoms with Crippen LogP contribution in [0.5, 0.6) is 0 Å². The van der Waals surface area contributed by atoms with Crippen molar-refractivity contribution in [1.82, 2.24) is 20.5 Å². The number of amides is 1. The summed E-state index contributed by atoms with van der Waals surface area (Å²) in [5, 5.41) is 10.5. The van der Waals surface area contributed by atoms with Crippen LogP contribution in [0.3, 0.4) is 0 Å². The van der Waals surface area contributed by atoms with Gasteiger partial charge in [0.1, 0.15) is 10.7 Å². The summed E-state index contributed by atoms with van der Waals surface area (Å²) >= 11 is 1.42. The van der Waals surface area contributed by atoms with E-state index in [1.807, 2.05) is 13.8 Å². The molecule has 2 N–H and O–H groups in total. The van der Waals surface area contributed by atoms with Crippen LogP contribution in [0.15, 0.2) is 16.9 Å². The number of piperidine rings is 1. The van der Waals surface area contributed by atoms with Gasteiger partial charge in [-0.25, -0.2) is 10.1 Å². The van der Waals surface area contributed by atoms with Gasteiger partial charge in [-0.05, 0) is 39.2 Å². The number of anilines is 1. The molecule has 0 radical (unpaired) electrons. The Morgan fingerprint density at radius 1 is 1.42 bits per heavy atom. The van der Waals surface area contributed by atoms with E-state index in [9.17, 15) is 9.59 Å². The minimum Gasteiger partial charge on any atom is -0.350 e. The number of carbonyl (C=O) groups is 1. The zero-order valence-electron chi connectivity index (χ0n) is 13.8. The first-order valence-electron chi connectivity index (χ1n) is 8.09. The number of aromatic nitrogens is 3. The SMILES string of the molecule is Cc1nc(C)c(C(=O)NCC2CCCCN2c2ccc(=O)[nH]n2)s1. The summed E-state index contributed by atoms with van der Waals surface area (Å²) in [5.74, 6) is 0.677. The van der Waals surface area contributed by atoms with E-state index < -0.39 is 0 Å². The molecule has 0 spiro atoms. The van der Waals surface area contributed by atoms with Gasteiger partial charge >= 0.3 is 0 Å². The zero-order valence-corrected chi connectivity index (χ0v) is 14.7. The second-order valence-corrected chi connectivity index (χ2v) is 7.18. The van der Waals surface area contributed by atoms with Crippen molar-refractivity contribution in [2.45, 2.75) is 39.2 Å². The summed E-state index contributed by atoms with van der Waals surface area (Å²) in [6.07, 6.45) is 3.19. The maximum absolute atomic E-state index is 12.4. The fourth-order valence-corrected chi connectivity index (χ4v) is 3.88. The number of carbonyl (C=O) groups excluding carboxylic acids is 1. The number of H-pyrrole nitrogens is 1. The largest absolute Gasteiger partial charge is 0.350 e. The van der Waals surface area contributed by atoms with Crippen LogP contribution in [0.1, 0.15) is 39.6 Å². The molecule has 1 aliphatic rings. The van der Waals surface area contributed by atoms with Crippen molar-refractivity contribution in [2.24, 2.45) is 0 Å². The van der Waals surface area contributed by atoms with Crippen LogP contribution in [0.2, 0.25) is 0 Å². The van der Waals surface area contributed by atoms with E-state index >= 15 is 0 Å². The standard InChI is InChI=1S/C16H21N5O2S/c1-10-15(24-11(2)18-10)16(23)17-9-12-5-3-4-8-21(12)13-6-7-14(22)20-19-13/h6-7,12H,3-5,8-9H2,1-2H3,(H,17,23)(H,20,22). The van der Waals surface area contributed by atoms with Crippen LogP contribution in [0.4, 0.5) is 5.82 Å². The number of nitrogens with one attached hydrogen (secondary N) is 2. The minimum atomic E-state index is -0.211. The molecule has 1 aliphatic heterocycles. The Labute approximate surface area is 144 Å². The van der Waals surface area contributed by atoms with Gasteiger partial charge in [0.15, 0.2) is 0 Å². The number of aryl methyl sites for hydroxylation is 2. The Bertz CT molecular complexity index is 765. The van der Waals surface area contributed by atoms with Crippen LogP contribution >= 0.6 is 11.3 Å². The van der Waals surface area contributed by atoms with Gasteiger partial charge < -0.3 is 10.2 Å². The number of hydrogen-bond donors (Lipinski definition) is 2. The van der Waals surface area contributed by atoms with Crippen molar-refractivity contribution >= 4 is 23.1 Å². The van der Waals surface area contributed by atoms with Crippen LogP contribution < -0.4 is 15.8 Å². The second-order valence-electron chi connectivity index (χ2n) is 5.98. The van der Waals surface area contributed by atoms with E-state index in [0.29, 0.717) is 11.4 Å². The van der Waals surface area contributed by atoms with E-state index in [-0.39, 0.29) is 17.5 Å². The lowest BCUT2D eigenvalue weighted by Gasteiger charge is -2.36. The van der Waals surface area contributed by atoms with Crippen molar-refractivity contribution in [3.8, 4) is 0 Å².